The molecule has 0 radical (unpaired) electrons. The number of methoxy groups -OCH3 is 1. The van der Waals surface area contributed by atoms with E-state index in [1.165, 1.54) is 6.92 Å². The maximum Gasteiger partial charge on any atom is 0.344 e. The minimum absolute atomic E-state index is 0.386. The van der Waals surface area contributed by atoms with Crippen LogP contribution in [0, 0.1) is 15.9 Å². The molecule has 0 aromatic heterocycles. The van der Waals surface area contributed by atoms with E-state index < -0.39 is 51.6 Å². The molecule has 0 spiro atoms. The van der Waals surface area contributed by atoms with Crippen LogP contribution in [0.3, 0.4) is 0 Å². The zero-order valence-corrected chi connectivity index (χ0v) is 12.3. The molecule has 0 aliphatic carbocycles. The number of nitrogens with zero attached hydrogens (tertiary/aromatic N) is 1. The monoisotopic (exact) mass is 330 g/mol. The predicted octanol–water partition coefficient (Wildman–Crippen LogP) is 0.0509. The summed E-state index contributed by atoms with van der Waals surface area (Å²) in [5.74, 6) is -2.73. The van der Waals surface area contributed by atoms with Gasteiger partial charge in [-0.1, -0.05) is 0 Å². The van der Waals surface area contributed by atoms with Crippen molar-refractivity contribution in [3.8, 4) is 0 Å². The molecule has 0 heterocycles. The van der Waals surface area contributed by atoms with Gasteiger partial charge in [0.25, 0.3) is 5.69 Å². The molecule has 0 saturated heterocycles. The topological polar surface area (TPSA) is 139 Å². The van der Waals surface area contributed by atoms with Gasteiger partial charge in [-0.15, -0.1) is 0 Å². The molecule has 1 amide bonds. The van der Waals surface area contributed by atoms with Gasteiger partial charge in [0.1, 0.15) is 23.6 Å². The van der Waals surface area contributed by atoms with Crippen molar-refractivity contribution in [1.82, 2.24) is 5.32 Å². The maximum atomic E-state index is 14.0. The Bertz CT molecular complexity index is 635. The van der Waals surface area contributed by atoms with Gasteiger partial charge in [-0.05, 0) is 6.07 Å². The lowest BCUT2D eigenvalue weighted by Crippen LogP contribution is -2.34. The second-order valence-electron chi connectivity index (χ2n) is 4.59. The van der Waals surface area contributed by atoms with Crippen LogP contribution in [0.25, 0.3) is 0 Å². The molecule has 3 N–H and O–H groups in total. The Morgan fingerprint density at radius 2 is 2.04 bits per heavy atom. The smallest absolute Gasteiger partial charge is 0.344 e. The molecule has 2 unspecified atom stereocenters. The van der Waals surface area contributed by atoms with Crippen LogP contribution in [0.2, 0.25) is 0 Å². The highest BCUT2D eigenvalue weighted by Crippen LogP contribution is 2.29. The van der Waals surface area contributed by atoms with E-state index >= 15 is 0 Å². The van der Waals surface area contributed by atoms with E-state index in [0.29, 0.717) is 12.1 Å². The molecule has 1 aromatic rings. The van der Waals surface area contributed by atoms with Gasteiger partial charge >= 0.3 is 5.97 Å². The number of halogens is 1. The number of aliphatic hydroxyl groups is 2. The molecule has 0 aliphatic heterocycles. The van der Waals surface area contributed by atoms with E-state index in [1.807, 2.05) is 0 Å². The lowest BCUT2D eigenvalue weighted by atomic mass is 10.00. The number of ether oxygens (including phenoxy) is 1. The number of hydrogen-bond donors (Lipinski definition) is 3. The zero-order valence-electron chi connectivity index (χ0n) is 12.3. The SMILES string of the molecule is COC(=O)c1cc(F)c(C(O)C(O)CNC(C)=O)cc1[N+](=O)[O-]. The number of nitro groups is 1. The van der Waals surface area contributed by atoms with E-state index in [4.69, 9.17) is 0 Å². The van der Waals surface area contributed by atoms with Crippen molar-refractivity contribution in [2.24, 2.45) is 0 Å². The molecule has 0 fully saturated rings. The largest absolute Gasteiger partial charge is 0.465 e. The summed E-state index contributed by atoms with van der Waals surface area (Å²) in [6.07, 6.45) is -3.44. The second-order valence-corrected chi connectivity index (χ2v) is 4.59. The summed E-state index contributed by atoms with van der Waals surface area (Å²) < 4.78 is 18.3. The first kappa shape index (κ1) is 18.5. The number of nitrogens with one attached hydrogen (secondary N) is 1. The van der Waals surface area contributed by atoms with Crippen LogP contribution in [0.15, 0.2) is 12.1 Å². The number of carbonyl (C=O) groups is 2. The minimum Gasteiger partial charge on any atom is -0.465 e. The van der Waals surface area contributed by atoms with Gasteiger partial charge in [0.2, 0.25) is 5.91 Å². The van der Waals surface area contributed by atoms with Crippen molar-refractivity contribution in [3.05, 3.63) is 39.2 Å². The molecule has 1 aromatic carbocycles. The number of aliphatic hydroxyl groups excluding tert-OH is 2. The third kappa shape index (κ3) is 4.44. The third-order valence-electron chi connectivity index (χ3n) is 2.96. The fourth-order valence-corrected chi connectivity index (χ4v) is 1.80. The van der Waals surface area contributed by atoms with Crippen molar-refractivity contribution in [1.29, 1.82) is 0 Å². The van der Waals surface area contributed by atoms with Crippen LogP contribution in [-0.2, 0) is 9.53 Å². The molecule has 0 saturated carbocycles. The van der Waals surface area contributed by atoms with Gasteiger partial charge in [0, 0.05) is 25.1 Å². The Labute approximate surface area is 129 Å². The highest BCUT2D eigenvalue weighted by Gasteiger charge is 2.29. The quantitative estimate of drug-likeness (QED) is 0.380. The Morgan fingerprint density at radius 1 is 1.43 bits per heavy atom. The normalized spacial score (nSPS) is 13.1. The highest BCUT2D eigenvalue weighted by molar-refractivity contribution is 5.94. The first-order chi connectivity index (χ1) is 10.7. The summed E-state index contributed by atoms with van der Waals surface area (Å²) in [5.41, 5.74) is -1.98. The standard InChI is InChI=1S/C13H15FN2O7/c1-6(17)15-5-11(18)12(19)7-4-10(16(21)22)8(3-9(7)14)13(20)23-2/h3-4,11-12,18-19H,5H2,1-2H3,(H,15,17). The Balaban J connectivity index is 3.21. The number of esters is 1. The Hall–Kier alpha value is -2.59. The maximum absolute atomic E-state index is 14.0. The number of rotatable bonds is 6. The number of amides is 1. The summed E-state index contributed by atoms with van der Waals surface area (Å²) in [4.78, 5) is 32.2. The number of hydrogen-bond acceptors (Lipinski definition) is 7. The van der Waals surface area contributed by atoms with E-state index in [9.17, 15) is 34.3 Å². The lowest BCUT2D eigenvalue weighted by molar-refractivity contribution is -0.385. The first-order valence-corrected chi connectivity index (χ1v) is 6.35. The van der Waals surface area contributed by atoms with Gasteiger partial charge in [0.05, 0.1) is 12.0 Å². The summed E-state index contributed by atoms with van der Waals surface area (Å²) in [6, 6.07) is 1.19. The fraction of sp³-hybridized carbons (Fsp3) is 0.385. The fourth-order valence-electron chi connectivity index (χ4n) is 1.80. The van der Waals surface area contributed by atoms with E-state index in [2.05, 4.69) is 10.1 Å². The Kier molecular flexibility index (Phi) is 6.10. The molecule has 1 rings (SSSR count). The van der Waals surface area contributed by atoms with E-state index in [1.54, 1.807) is 0 Å². The zero-order chi connectivity index (χ0) is 17.7. The molecule has 126 valence electrons. The van der Waals surface area contributed by atoms with Gasteiger partial charge in [-0.2, -0.15) is 0 Å². The van der Waals surface area contributed by atoms with E-state index in [0.717, 1.165) is 7.11 Å². The molecule has 23 heavy (non-hydrogen) atoms. The van der Waals surface area contributed by atoms with Crippen molar-refractivity contribution in [2.75, 3.05) is 13.7 Å². The van der Waals surface area contributed by atoms with Crippen LogP contribution in [0.4, 0.5) is 10.1 Å². The average Bonchev–Trinajstić information content (AvgIpc) is 2.50. The summed E-state index contributed by atoms with van der Waals surface area (Å²) in [7, 11) is 0.976. The van der Waals surface area contributed by atoms with Gasteiger partial charge in [0.15, 0.2) is 0 Å². The van der Waals surface area contributed by atoms with Gasteiger partial charge in [-0.3, -0.25) is 14.9 Å². The van der Waals surface area contributed by atoms with Gasteiger partial charge < -0.3 is 20.3 Å². The number of benzene rings is 1. The molecular weight excluding hydrogens is 315 g/mol. The van der Waals surface area contributed by atoms with Crippen LogP contribution in [0.5, 0.6) is 0 Å². The number of carbonyl (C=O) groups excluding carboxylic acids is 2. The summed E-state index contributed by atoms with van der Waals surface area (Å²) in [6.45, 7) is 0.790. The predicted molar refractivity (Wildman–Crippen MR) is 74.0 cm³/mol. The van der Waals surface area contributed by atoms with Crippen LogP contribution >= 0.6 is 0 Å². The van der Waals surface area contributed by atoms with Crippen LogP contribution < -0.4 is 5.32 Å². The van der Waals surface area contributed by atoms with Crippen LogP contribution in [-0.4, -0.2) is 46.8 Å². The Morgan fingerprint density at radius 3 is 2.52 bits per heavy atom. The number of nitro benzene ring substituents is 1. The van der Waals surface area contributed by atoms with Crippen molar-refractivity contribution < 1.29 is 33.9 Å². The molecule has 10 heteroatoms. The van der Waals surface area contributed by atoms with E-state index in [-0.39, 0.29) is 6.54 Å². The van der Waals surface area contributed by atoms with Crippen molar-refractivity contribution in [3.63, 3.8) is 0 Å². The first-order valence-electron chi connectivity index (χ1n) is 6.35. The third-order valence-corrected chi connectivity index (χ3v) is 2.96. The summed E-state index contributed by atoms with van der Waals surface area (Å²) >= 11 is 0. The highest BCUT2D eigenvalue weighted by atomic mass is 19.1. The molecule has 0 bridgehead atoms. The molecule has 2 atom stereocenters. The second kappa shape index (κ2) is 7.61. The average molecular weight is 330 g/mol. The van der Waals surface area contributed by atoms with Gasteiger partial charge in [-0.25, -0.2) is 9.18 Å². The lowest BCUT2D eigenvalue weighted by Gasteiger charge is -2.19. The van der Waals surface area contributed by atoms with Crippen molar-refractivity contribution >= 4 is 17.6 Å². The summed E-state index contributed by atoms with van der Waals surface area (Å²) in [5, 5.41) is 32.8. The molecule has 9 nitrogen and oxygen atoms in total. The van der Waals surface area contributed by atoms with Crippen LogP contribution in [0.1, 0.15) is 28.9 Å². The minimum atomic E-state index is -1.84. The van der Waals surface area contributed by atoms with Crippen molar-refractivity contribution in [2.45, 2.75) is 19.1 Å². The molecular formula is C13H15FN2O7. The molecule has 0 aliphatic rings.